The average molecular weight is 299 g/mol. The van der Waals surface area contributed by atoms with Crippen molar-refractivity contribution in [2.24, 2.45) is 0 Å². The third kappa shape index (κ3) is 3.58. The molecule has 1 N–H and O–H groups in total. The molecule has 3 rings (SSSR count). The molecule has 3 aromatic rings. The van der Waals surface area contributed by atoms with Crippen LogP contribution in [0.2, 0.25) is 0 Å². The Morgan fingerprint density at radius 1 is 1.27 bits per heavy atom. The van der Waals surface area contributed by atoms with E-state index in [0.717, 1.165) is 0 Å². The van der Waals surface area contributed by atoms with Crippen molar-refractivity contribution in [1.29, 1.82) is 0 Å². The van der Waals surface area contributed by atoms with Crippen molar-refractivity contribution in [3.05, 3.63) is 54.7 Å². The maximum absolute atomic E-state index is 11.7. The van der Waals surface area contributed by atoms with Crippen LogP contribution >= 0.6 is 0 Å². The summed E-state index contributed by atoms with van der Waals surface area (Å²) in [5.74, 6) is 0.847. The van der Waals surface area contributed by atoms with Gasteiger partial charge >= 0.3 is 0 Å². The number of aromatic nitrogens is 2. The number of nitrogens with one attached hydrogen (secondary N) is 1. The summed E-state index contributed by atoms with van der Waals surface area (Å²) >= 11 is 0. The number of rotatable bonds is 6. The highest BCUT2D eigenvalue weighted by Gasteiger charge is 2.10. The van der Waals surface area contributed by atoms with E-state index >= 15 is 0 Å². The van der Waals surface area contributed by atoms with E-state index in [1.807, 2.05) is 0 Å². The van der Waals surface area contributed by atoms with E-state index in [2.05, 4.69) is 15.5 Å². The maximum atomic E-state index is 11.7. The van der Waals surface area contributed by atoms with Gasteiger partial charge in [0.2, 0.25) is 11.7 Å². The van der Waals surface area contributed by atoms with Crippen molar-refractivity contribution < 1.29 is 18.5 Å². The lowest BCUT2D eigenvalue weighted by Crippen LogP contribution is -2.18. The highest BCUT2D eigenvalue weighted by atomic mass is 16.5. The molecule has 0 aromatic carbocycles. The number of anilines is 1. The molecule has 0 atom stereocenters. The topological polar surface area (TPSA) is 90.4 Å². The van der Waals surface area contributed by atoms with E-state index in [9.17, 15) is 4.79 Å². The largest absolute Gasteiger partial charge is 0.461 e. The molecule has 0 saturated heterocycles. The molecule has 3 heterocycles. The fourth-order valence-corrected chi connectivity index (χ4v) is 1.80. The lowest BCUT2D eigenvalue weighted by molar-refractivity contribution is -0.121. The summed E-state index contributed by atoms with van der Waals surface area (Å²) in [6.45, 7) is 0.0858. The molecule has 0 radical (unpaired) electrons. The number of ether oxygens (including phenoxy) is 1. The summed E-state index contributed by atoms with van der Waals surface area (Å²) in [4.78, 5) is 15.6. The van der Waals surface area contributed by atoms with Crippen LogP contribution in [0.15, 0.2) is 57.9 Å². The van der Waals surface area contributed by atoms with E-state index < -0.39 is 0 Å². The van der Waals surface area contributed by atoms with Crippen LogP contribution in [-0.4, -0.2) is 22.7 Å². The molecule has 0 bridgehead atoms. The molecule has 0 saturated carbocycles. The van der Waals surface area contributed by atoms with Crippen molar-refractivity contribution in [2.45, 2.75) is 6.61 Å². The van der Waals surface area contributed by atoms with Crippen molar-refractivity contribution >= 4 is 11.6 Å². The van der Waals surface area contributed by atoms with E-state index in [4.69, 9.17) is 13.7 Å². The SMILES string of the molecule is O=C(COCc1cc(-c2ccco2)on1)Nc1cccnc1. The first kappa shape index (κ1) is 14.0. The number of amides is 1. The van der Waals surface area contributed by atoms with E-state index in [1.54, 1.807) is 49.0 Å². The lowest BCUT2D eigenvalue weighted by Gasteiger charge is -2.04. The number of pyridine rings is 1. The minimum absolute atomic E-state index is 0.0855. The zero-order chi connectivity index (χ0) is 15.2. The van der Waals surface area contributed by atoms with Crippen LogP contribution in [-0.2, 0) is 16.1 Å². The summed E-state index contributed by atoms with van der Waals surface area (Å²) in [7, 11) is 0. The second kappa shape index (κ2) is 6.68. The zero-order valence-electron chi connectivity index (χ0n) is 11.6. The van der Waals surface area contributed by atoms with Crippen LogP contribution in [0.5, 0.6) is 0 Å². The first-order valence-corrected chi connectivity index (χ1v) is 6.58. The number of furan rings is 1. The third-order valence-electron chi connectivity index (χ3n) is 2.75. The molecular formula is C15H13N3O4. The Labute approximate surface area is 125 Å². The van der Waals surface area contributed by atoms with Gasteiger partial charge in [0.1, 0.15) is 12.3 Å². The molecular weight excluding hydrogens is 286 g/mol. The molecule has 7 nitrogen and oxygen atoms in total. The number of hydrogen-bond donors (Lipinski definition) is 1. The predicted molar refractivity (Wildman–Crippen MR) is 76.7 cm³/mol. The molecule has 0 fully saturated rings. The molecule has 7 heteroatoms. The van der Waals surface area contributed by atoms with E-state index in [1.165, 1.54) is 0 Å². The predicted octanol–water partition coefficient (Wildman–Crippen LogP) is 2.48. The summed E-state index contributed by atoms with van der Waals surface area (Å²) in [6, 6.07) is 8.72. The highest BCUT2D eigenvalue weighted by Crippen LogP contribution is 2.20. The third-order valence-corrected chi connectivity index (χ3v) is 2.75. The first-order chi connectivity index (χ1) is 10.8. The van der Waals surface area contributed by atoms with Crippen LogP contribution in [0.1, 0.15) is 5.69 Å². The van der Waals surface area contributed by atoms with Gasteiger partial charge in [0, 0.05) is 12.3 Å². The van der Waals surface area contributed by atoms with Crippen LogP contribution in [0.4, 0.5) is 5.69 Å². The van der Waals surface area contributed by atoms with Crippen LogP contribution < -0.4 is 5.32 Å². The summed E-state index contributed by atoms with van der Waals surface area (Å²) < 4.78 is 15.6. The van der Waals surface area contributed by atoms with Gasteiger partial charge < -0.3 is 19.0 Å². The molecule has 22 heavy (non-hydrogen) atoms. The standard InChI is InChI=1S/C15H13N3O4/c19-15(17-11-3-1-5-16-8-11)10-20-9-12-7-14(22-18-12)13-4-2-6-21-13/h1-8H,9-10H2,(H,17,19). The normalized spacial score (nSPS) is 10.5. The van der Waals surface area contributed by atoms with Crippen molar-refractivity contribution in [2.75, 3.05) is 11.9 Å². The Kier molecular flexibility index (Phi) is 4.26. The molecule has 0 unspecified atom stereocenters. The van der Waals surface area contributed by atoms with Gasteiger partial charge in [0.15, 0.2) is 5.76 Å². The quantitative estimate of drug-likeness (QED) is 0.752. The molecule has 1 amide bonds. The van der Waals surface area contributed by atoms with E-state index in [-0.39, 0.29) is 19.1 Å². The molecule has 0 spiro atoms. The van der Waals surface area contributed by atoms with Crippen molar-refractivity contribution in [3.63, 3.8) is 0 Å². The second-order valence-corrected chi connectivity index (χ2v) is 4.44. The minimum atomic E-state index is -0.261. The molecule has 0 aliphatic heterocycles. The van der Waals surface area contributed by atoms with Crippen LogP contribution in [0, 0.1) is 0 Å². The summed E-state index contributed by atoms with van der Waals surface area (Å²) in [5, 5.41) is 6.52. The van der Waals surface area contributed by atoms with Gasteiger partial charge in [0.25, 0.3) is 0 Å². The van der Waals surface area contributed by atoms with E-state index in [0.29, 0.717) is 22.9 Å². The van der Waals surface area contributed by atoms with Gasteiger partial charge in [-0.05, 0) is 24.3 Å². The number of nitrogens with zero attached hydrogens (tertiary/aromatic N) is 2. The Bertz CT molecular complexity index is 722. The van der Waals surface area contributed by atoms with Gasteiger partial charge in [-0.3, -0.25) is 9.78 Å². The van der Waals surface area contributed by atoms with Crippen LogP contribution in [0.3, 0.4) is 0 Å². The first-order valence-electron chi connectivity index (χ1n) is 6.58. The Morgan fingerprint density at radius 2 is 2.23 bits per heavy atom. The zero-order valence-corrected chi connectivity index (χ0v) is 11.6. The molecule has 112 valence electrons. The van der Waals surface area contributed by atoms with Gasteiger partial charge in [-0.1, -0.05) is 5.16 Å². The molecule has 3 aromatic heterocycles. The van der Waals surface area contributed by atoms with Gasteiger partial charge in [0.05, 0.1) is 24.8 Å². The van der Waals surface area contributed by atoms with Crippen molar-refractivity contribution in [3.8, 4) is 11.5 Å². The monoisotopic (exact) mass is 299 g/mol. The molecule has 0 aliphatic rings. The van der Waals surface area contributed by atoms with Crippen molar-refractivity contribution in [1.82, 2.24) is 10.1 Å². The summed E-state index contributed by atoms with van der Waals surface area (Å²) in [5.41, 5.74) is 1.21. The minimum Gasteiger partial charge on any atom is -0.461 e. The Balaban J connectivity index is 1.46. The Hall–Kier alpha value is -2.93. The van der Waals surface area contributed by atoms with Gasteiger partial charge in [-0.25, -0.2) is 0 Å². The second-order valence-electron chi connectivity index (χ2n) is 4.44. The number of carbonyl (C=O) groups is 1. The Morgan fingerprint density at radius 3 is 3.00 bits per heavy atom. The maximum Gasteiger partial charge on any atom is 0.250 e. The highest BCUT2D eigenvalue weighted by molar-refractivity contribution is 5.91. The number of hydrogen-bond acceptors (Lipinski definition) is 6. The fraction of sp³-hybridized carbons (Fsp3) is 0.133. The summed E-state index contributed by atoms with van der Waals surface area (Å²) in [6.07, 6.45) is 4.75. The lowest BCUT2D eigenvalue weighted by atomic mass is 10.3. The van der Waals surface area contributed by atoms with Crippen LogP contribution in [0.25, 0.3) is 11.5 Å². The fourth-order valence-electron chi connectivity index (χ4n) is 1.80. The van der Waals surface area contributed by atoms with Gasteiger partial charge in [-0.15, -0.1) is 0 Å². The number of carbonyl (C=O) groups excluding carboxylic acids is 1. The van der Waals surface area contributed by atoms with Gasteiger partial charge in [-0.2, -0.15) is 0 Å². The average Bonchev–Trinajstić information content (AvgIpc) is 3.19. The molecule has 0 aliphatic carbocycles. The smallest absolute Gasteiger partial charge is 0.250 e.